The highest BCUT2D eigenvalue weighted by molar-refractivity contribution is 5.25. The molecule has 1 aliphatic carbocycles. The number of benzene rings is 1. The standard InChI is InChI=1S/C18H23N/c1-2-7-11-18-13-17(14-19-18)16(10-6-1)12-15-8-4-3-5-9-15/h3-5,8-9,13-14,16,19H,1-2,6-7,10-12H2. The molecule has 0 amide bonds. The van der Waals surface area contributed by atoms with Crippen molar-refractivity contribution in [1.29, 1.82) is 0 Å². The summed E-state index contributed by atoms with van der Waals surface area (Å²) in [5.41, 5.74) is 4.41. The van der Waals surface area contributed by atoms with Crippen LogP contribution in [-0.2, 0) is 12.8 Å². The van der Waals surface area contributed by atoms with Crippen LogP contribution in [0.4, 0.5) is 0 Å². The summed E-state index contributed by atoms with van der Waals surface area (Å²) >= 11 is 0. The van der Waals surface area contributed by atoms with Crippen molar-refractivity contribution in [3.8, 4) is 0 Å². The number of rotatable bonds is 2. The topological polar surface area (TPSA) is 15.8 Å². The van der Waals surface area contributed by atoms with Gasteiger partial charge >= 0.3 is 0 Å². The van der Waals surface area contributed by atoms with Gasteiger partial charge in [-0.05, 0) is 48.8 Å². The van der Waals surface area contributed by atoms with Crippen molar-refractivity contribution < 1.29 is 0 Å². The molecule has 0 spiro atoms. The molecule has 1 N–H and O–H groups in total. The van der Waals surface area contributed by atoms with Crippen molar-refractivity contribution in [2.75, 3.05) is 0 Å². The molecular formula is C18H23N. The molecule has 2 bridgehead atoms. The number of nitrogens with one attached hydrogen (secondary N) is 1. The summed E-state index contributed by atoms with van der Waals surface area (Å²) in [6.45, 7) is 0. The lowest BCUT2D eigenvalue weighted by atomic mass is 9.88. The van der Waals surface area contributed by atoms with Gasteiger partial charge in [0.05, 0.1) is 0 Å². The SMILES string of the molecule is c1ccc(CC2CCCCCCc3cc2c[nH]3)cc1. The van der Waals surface area contributed by atoms with E-state index in [1.807, 2.05) is 0 Å². The second-order valence-corrected chi connectivity index (χ2v) is 5.80. The fourth-order valence-electron chi connectivity index (χ4n) is 3.19. The maximum absolute atomic E-state index is 3.47. The Morgan fingerprint density at radius 1 is 1.00 bits per heavy atom. The van der Waals surface area contributed by atoms with Crippen molar-refractivity contribution in [2.24, 2.45) is 0 Å². The predicted molar refractivity (Wildman–Crippen MR) is 80.5 cm³/mol. The zero-order chi connectivity index (χ0) is 12.9. The lowest BCUT2D eigenvalue weighted by molar-refractivity contribution is 0.541. The minimum atomic E-state index is 0.686. The Morgan fingerprint density at radius 3 is 2.74 bits per heavy atom. The van der Waals surface area contributed by atoms with Crippen LogP contribution >= 0.6 is 0 Å². The molecule has 1 heterocycles. The Labute approximate surface area is 116 Å². The average Bonchev–Trinajstić information content (AvgIpc) is 2.90. The molecule has 100 valence electrons. The number of aromatic nitrogens is 1. The maximum atomic E-state index is 3.47. The molecule has 0 saturated heterocycles. The number of hydrogen-bond acceptors (Lipinski definition) is 0. The molecule has 0 saturated carbocycles. The van der Waals surface area contributed by atoms with E-state index >= 15 is 0 Å². The van der Waals surface area contributed by atoms with E-state index in [-0.39, 0.29) is 0 Å². The largest absolute Gasteiger partial charge is 0.365 e. The smallest absolute Gasteiger partial charge is 0.0150 e. The van der Waals surface area contributed by atoms with Gasteiger partial charge in [0, 0.05) is 11.9 Å². The van der Waals surface area contributed by atoms with Gasteiger partial charge in [-0.3, -0.25) is 0 Å². The van der Waals surface area contributed by atoms with Crippen molar-refractivity contribution in [3.63, 3.8) is 0 Å². The highest BCUT2D eigenvalue weighted by atomic mass is 14.7. The Hall–Kier alpha value is -1.50. The number of hydrogen-bond donors (Lipinski definition) is 1. The van der Waals surface area contributed by atoms with E-state index in [2.05, 4.69) is 47.6 Å². The summed E-state index contributed by atoms with van der Waals surface area (Å²) in [7, 11) is 0. The first-order chi connectivity index (χ1) is 9.42. The lowest BCUT2D eigenvalue weighted by Crippen LogP contribution is -2.03. The molecule has 1 nitrogen and oxygen atoms in total. The summed E-state index contributed by atoms with van der Waals surface area (Å²) in [5.74, 6) is 0.686. The van der Waals surface area contributed by atoms with Crippen LogP contribution in [0.2, 0.25) is 0 Å². The van der Waals surface area contributed by atoms with Crippen molar-refractivity contribution in [3.05, 3.63) is 59.4 Å². The molecular weight excluding hydrogens is 230 g/mol. The summed E-state index contributed by atoms with van der Waals surface area (Å²) in [4.78, 5) is 3.47. The number of H-pyrrole nitrogens is 1. The fraction of sp³-hybridized carbons (Fsp3) is 0.444. The first-order valence-electron chi connectivity index (χ1n) is 7.63. The quantitative estimate of drug-likeness (QED) is 0.787. The molecule has 3 rings (SSSR count). The maximum Gasteiger partial charge on any atom is 0.0150 e. The molecule has 1 unspecified atom stereocenters. The van der Waals surface area contributed by atoms with Gasteiger partial charge in [-0.25, -0.2) is 0 Å². The summed E-state index contributed by atoms with van der Waals surface area (Å²) in [5, 5.41) is 0. The summed E-state index contributed by atoms with van der Waals surface area (Å²) in [6, 6.07) is 13.3. The second kappa shape index (κ2) is 6.10. The van der Waals surface area contributed by atoms with Gasteiger partial charge in [0.25, 0.3) is 0 Å². The minimum absolute atomic E-state index is 0.686. The predicted octanol–water partition coefficient (Wildman–Crippen LogP) is 4.85. The summed E-state index contributed by atoms with van der Waals surface area (Å²) in [6.07, 6.45) is 11.5. The normalized spacial score (nSPS) is 20.1. The molecule has 0 radical (unpaired) electrons. The molecule has 1 aromatic heterocycles. The van der Waals surface area contributed by atoms with Gasteiger partial charge in [-0.1, -0.05) is 49.6 Å². The Bertz CT molecular complexity index is 497. The Morgan fingerprint density at radius 2 is 1.84 bits per heavy atom. The molecule has 19 heavy (non-hydrogen) atoms. The van der Waals surface area contributed by atoms with E-state index in [0.717, 1.165) is 0 Å². The molecule has 1 heteroatoms. The third kappa shape index (κ3) is 3.28. The minimum Gasteiger partial charge on any atom is -0.365 e. The molecule has 1 aromatic carbocycles. The molecule has 0 aliphatic heterocycles. The van der Waals surface area contributed by atoms with E-state index < -0.39 is 0 Å². The van der Waals surface area contributed by atoms with E-state index in [4.69, 9.17) is 0 Å². The van der Waals surface area contributed by atoms with Gasteiger partial charge in [0.1, 0.15) is 0 Å². The molecule has 1 aliphatic rings. The van der Waals surface area contributed by atoms with Crippen molar-refractivity contribution in [2.45, 2.75) is 50.9 Å². The zero-order valence-electron chi connectivity index (χ0n) is 11.6. The summed E-state index contributed by atoms with van der Waals surface area (Å²) < 4.78 is 0. The van der Waals surface area contributed by atoms with Gasteiger partial charge in [0.15, 0.2) is 0 Å². The van der Waals surface area contributed by atoms with Crippen LogP contribution in [0, 0.1) is 0 Å². The number of aromatic amines is 1. The first-order valence-corrected chi connectivity index (χ1v) is 7.63. The van der Waals surface area contributed by atoms with E-state index in [1.54, 1.807) is 0 Å². The van der Waals surface area contributed by atoms with E-state index in [0.29, 0.717) is 5.92 Å². The molecule has 0 fully saturated rings. The highest BCUT2D eigenvalue weighted by Gasteiger charge is 2.15. The van der Waals surface area contributed by atoms with Crippen LogP contribution in [0.25, 0.3) is 0 Å². The lowest BCUT2D eigenvalue weighted by Gasteiger charge is -2.16. The van der Waals surface area contributed by atoms with Crippen LogP contribution < -0.4 is 0 Å². The van der Waals surface area contributed by atoms with Gasteiger partial charge < -0.3 is 4.98 Å². The number of fused-ring (bicyclic) bond motifs is 2. The van der Waals surface area contributed by atoms with Gasteiger partial charge in [0.2, 0.25) is 0 Å². The van der Waals surface area contributed by atoms with Crippen molar-refractivity contribution in [1.82, 2.24) is 4.98 Å². The molecule has 1 atom stereocenters. The number of aryl methyl sites for hydroxylation is 1. The van der Waals surface area contributed by atoms with Crippen LogP contribution in [0.15, 0.2) is 42.6 Å². The van der Waals surface area contributed by atoms with Crippen molar-refractivity contribution >= 4 is 0 Å². The highest BCUT2D eigenvalue weighted by Crippen LogP contribution is 2.29. The fourth-order valence-corrected chi connectivity index (χ4v) is 3.19. The van der Waals surface area contributed by atoms with E-state index in [9.17, 15) is 0 Å². The monoisotopic (exact) mass is 253 g/mol. The third-order valence-electron chi connectivity index (χ3n) is 4.31. The van der Waals surface area contributed by atoms with Crippen LogP contribution in [-0.4, -0.2) is 4.98 Å². The molecule has 2 aromatic rings. The first kappa shape index (κ1) is 12.5. The van der Waals surface area contributed by atoms with Gasteiger partial charge in [-0.15, -0.1) is 0 Å². The van der Waals surface area contributed by atoms with Crippen LogP contribution in [0.1, 0.15) is 54.8 Å². The van der Waals surface area contributed by atoms with Crippen LogP contribution in [0.3, 0.4) is 0 Å². The Balaban J connectivity index is 1.79. The zero-order valence-corrected chi connectivity index (χ0v) is 11.6. The van der Waals surface area contributed by atoms with Crippen LogP contribution in [0.5, 0.6) is 0 Å². The Kier molecular flexibility index (Phi) is 4.02. The van der Waals surface area contributed by atoms with Gasteiger partial charge in [-0.2, -0.15) is 0 Å². The average molecular weight is 253 g/mol. The second-order valence-electron chi connectivity index (χ2n) is 5.80. The third-order valence-corrected chi connectivity index (χ3v) is 4.31. The van der Waals surface area contributed by atoms with E-state index in [1.165, 1.54) is 61.8 Å².